The maximum Gasteiger partial charge on any atom is 0.276 e. The van der Waals surface area contributed by atoms with Gasteiger partial charge in [-0.1, -0.05) is 13.3 Å². The molecular formula is C17H25N3O2. The lowest BCUT2D eigenvalue weighted by Crippen LogP contribution is -2.34. The zero-order valence-electron chi connectivity index (χ0n) is 13.3. The molecule has 2 aliphatic rings. The number of hydrogen-bond donors (Lipinski definition) is 2. The van der Waals surface area contributed by atoms with Crippen LogP contribution in [0.4, 0.5) is 0 Å². The van der Waals surface area contributed by atoms with E-state index in [9.17, 15) is 4.79 Å². The van der Waals surface area contributed by atoms with E-state index in [1.54, 1.807) is 11.7 Å². The lowest BCUT2D eigenvalue weighted by molar-refractivity contribution is 0.0705. The first kappa shape index (κ1) is 15.4. The maximum absolute atomic E-state index is 11.4. The van der Waals surface area contributed by atoms with Crippen LogP contribution in [-0.4, -0.2) is 34.1 Å². The van der Waals surface area contributed by atoms with Crippen molar-refractivity contribution in [1.29, 1.82) is 0 Å². The lowest BCUT2D eigenvalue weighted by atomic mass is 9.68. The van der Waals surface area contributed by atoms with Gasteiger partial charge in [-0.25, -0.2) is 5.48 Å². The molecule has 0 bridgehead atoms. The Labute approximate surface area is 131 Å². The monoisotopic (exact) mass is 303 g/mol. The Bertz CT molecular complexity index is 555. The van der Waals surface area contributed by atoms with Crippen LogP contribution in [0.15, 0.2) is 12.3 Å². The van der Waals surface area contributed by atoms with Crippen molar-refractivity contribution in [3.8, 4) is 0 Å². The number of aromatic nitrogens is 1. The van der Waals surface area contributed by atoms with E-state index in [1.807, 2.05) is 6.07 Å². The first-order chi connectivity index (χ1) is 10.6. The molecule has 22 heavy (non-hydrogen) atoms. The summed E-state index contributed by atoms with van der Waals surface area (Å²) in [5.74, 6) is -0.494. The molecule has 0 radical (unpaired) electrons. The predicted molar refractivity (Wildman–Crippen MR) is 83.7 cm³/mol. The zero-order chi connectivity index (χ0) is 15.6. The number of hydrogen-bond acceptors (Lipinski definition) is 4. The molecule has 1 aromatic rings. The second-order valence-electron chi connectivity index (χ2n) is 7.06. The Kier molecular flexibility index (Phi) is 4.45. The van der Waals surface area contributed by atoms with E-state index in [0.717, 1.165) is 37.3 Å². The minimum absolute atomic E-state index is 0.424. The third-order valence-corrected chi connectivity index (χ3v) is 5.31. The minimum atomic E-state index is -0.494. The predicted octanol–water partition coefficient (Wildman–Crippen LogP) is 2.53. The molecule has 2 heterocycles. The molecule has 0 saturated heterocycles. The Balaban J connectivity index is 1.54. The summed E-state index contributed by atoms with van der Waals surface area (Å²) in [5, 5.41) is 8.69. The number of carbonyl (C=O) groups excluding carboxylic acids is 1. The van der Waals surface area contributed by atoms with Crippen LogP contribution in [0.5, 0.6) is 0 Å². The standard InChI is InChI=1S/C17H25N3O2/c1-17(5-2-6-17)7-3-8-20-9-4-13-10-14(16(21)19-22)11-18-15(13)12-20/h10-11,22H,2-9,12H2,1H3,(H,19,21). The van der Waals surface area contributed by atoms with Crippen molar-refractivity contribution in [2.24, 2.45) is 5.41 Å². The van der Waals surface area contributed by atoms with Crippen molar-refractivity contribution in [3.63, 3.8) is 0 Å². The van der Waals surface area contributed by atoms with Crippen LogP contribution >= 0.6 is 0 Å². The number of pyridine rings is 1. The maximum atomic E-state index is 11.4. The highest BCUT2D eigenvalue weighted by molar-refractivity contribution is 5.93. The van der Waals surface area contributed by atoms with Gasteiger partial charge in [0.15, 0.2) is 0 Å². The van der Waals surface area contributed by atoms with Gasteiger partial charge in [0.2, 0.25) is 0 Å². The number of fused-ring (bicyclic) bond motifs is 1. The van der Waals surface area contributed by atoms with Gasteiger partial charge in [-0.2, -0.15) is 0 Å². The van der Waals surface area contributed by atoms with Gasteiger partial charge in [0.1, 0.15) is 0 Å². The first-order valence-electron chi connectivity index (χ1n) is 8.24. The summed E-state index contributed by atoms with van der Waals surface area (Å²) in [6, 6.07) is 1.85. The molecule has 1 aromatic heterocycles. The van der Waals surface area contributed by atoms with E-state index in [4.69, 9.17) is 5.21 Å². The molecule has 0 spiro atoms. The van der Waals surface area contributed by atoms with E-state index in [2.05, 4.69) is 16.8 Å². The van der Waals surface area contributed by atoms with E-state index in [1.165, 1.54) is 32.1 Å². The second kappa shape index (κ2) is 6.34. The number of amides is 1. The smallest absolute Gasteiger partial charge is 0.276 e. The summed E-state index contributed by atoms with van der Waals surface area (Å²) in [4.78, 5) is 18.3. The summed E-state index contributed by atoms with van der Waals surface area (Å²) >= 11 is 0. The highest BCUT2D eigenvalue weighted by Gasteiger charge is 2.31. The fraction of sp³-hybridized carbons (Fsp3) is 0.647. The molecule has 0 unspecified atom stereocenters. The highest BCUT2D eigenvalue weighted by Crippen LogP contribution is 2.44. The minimum Gasteiger partial charge on any atom is -0.297 e. The normalized spacial score (nSPS) is 20.1. The Hall–Kier alpha value is -1.46. The van der Waals surface area contributed by atoms with Gasteiger partial charge < -0.3 is 0 Å². The van der Waals surface area contributed by atoms with Crippen LogP contribution < -0.4 is 5.48 Å². The average molecular weight is 303 g/mol. The van der Waals surface area contributed by atoms with E-state index < -0.39 is 5.91 Å². The zero-order valence-corrected chi connectivity index (χ0v) is 13.3. The van der Waals surface area contributed by atoms with Crippen molar-refractivity contribution >= 4 is 5.91 Å². The van der Waals surface area contributed by atoms with E-state index >= 15 is 0 Å². The number of nitrogens with one attached hydrogen (secondary N) is 1. The Morgan fingerprint density at radius 2 is 2.32 bits per heavy atom. The van der Waals surface area contributed by atoms with Crippen molar-refractivity contribution in [1.82, 2.24) is 15.4 Å². The fourth-order valence-corrected chi connectivity index (χ4v) is 3.61. The second-order valence-corrected chi connectivity index (χ2v) is 7.06. The van der Waals surface area contributed by atoms with Gasteiger partial charge in [0, 0.05) is 19.3 Å². The summed E-state index contributed by atoms with van der Waals surface area (Å²) in [6.45, 7) is 5.44. The SMILES string of the molecule is CC1(CCCN2CCc3cc(C(=O)NO)cnc3C2)CCC1. The molecule has 5 nitrogen and oxygen atoms in total. The molecule has 1 fully saturated rings. The molecule has 1 aliphatic carbocycles. The van der Waals surface area contributed by atoms with Gasteiger partial charge in [0.25, 0.3) is 5.91 Å². The average Bonchev–Trinajstić information content (AvgIpc) is 2.52. The van der Waals surface area contributed by atoms with Crippen molar-refractivity contribution in [2.45, 2.75) is 52.0 Å². The lowest BCUT2D eigenvalue weighted by Gasteiger charge is -2.39. The number of nitrogens with zero attached hydrogens (tertiary/aromatic N) is 2. The van der Waals surface area contributed by atoms with Crippen LogP contribution in [0.2, 0.25) is 0 Å². The molecule has 3 rings (SSSR count). The largest absolute Gasteiger partial charge is 0.297 e. The summed E-state index contributed by atoms with van der Waals surface area (Å²) in [7, 11) is 0. The Morgan fingerprint density at radius 1 is 1.50 bits per heavy atom. The third-order valence-electron chi connectivity index (χ3n) is 5.31. The number of carbonyl (C=O) groups is 1. The quantitative estimate of drug-likeness (QED) is 0.648. The van der Waals surface area contributed by atoms with E-state index in [-0.39, 0.29) is 0 Å². The molecule has 1 amide bonds. The highest BCUT2D eigenvalue weighted by atomic mass is 16.5. The van der Waals surface area contributed by atoms with Crippen LogP contribution in [-0.2, 0) is 13.0 Å². The Morgan fingerprint density at radius 3 is 3.00 bits per heavy atom. The molecule has 2 N–H and O–H groups in total. The molecule has 0 aromatic carbocycles. The van der Waals surface area contributed by atoms with Crippen LogP contribution in [0.3, 0.4) is 0 Å². The van der Waals surface area contributed by atoms with Gasteiger partial charge >= 0.3 is 0 Å². The van der Waals surface area contributed by atoms with Crippen LogP contribution in [0.1, 0.15) is 60.6 Å². The summed E-state index contributed by atoms with van der Waals surface area (Å²) in [5.41, 5.74) is 4.89. The first-order valence-corrected chi connectivity index (χ1v) is 8.24. The van der Waals surface area contributed by atoms with Crippen LogP contribution in [0, 0.1) is 5.41 Å². The molecule has 0 atom stereocenters. The van der Waals surface area contributed by atoms with E-state index in [0.29, 0.717) is 11.0 Å². The fourth-order valence-electron chi connectivity index (χ4n) is 3.61. The van der Waals surface area contributed by atoms with Crippen LogP contribution in [0.25, 0.3) is 0 Å². The molecule has 1 aliphatic heterocycles. The molecule has 5 heteroatoms. The summed E-state index contributed by atoms with van der Waals surface area (Å²) in [6.07, 6.45) is 9.26. The molecule has 1 saturated carbocycles. The number of rotatable bonds is 5. The third kappa shape index (κ3) is 3.31. The van der Waals surface area contributed by atoms with Gasteiger partial charge in [-0.15, -0.1) is 0 Å². The topological polar surface area (TPSA) is 65.5 Å². The van der Waals surface area contributed by atoms with Gasteiger partial charge in [0.05, 0.1) is 11.3 Å². The molecule has 120 valence electrons. The molecular weight excluding hydrogens is 278 g/mol. The van der Waals surface area contributed by atoms with Gasteiger partial charge in [-0.3, -0.25) is 19.9 Å². The van der Waals surface area contributed by atoms with Crippen molar-refractivity contribution in [2.75, 3.05) is 13.1 Å². The van der Waals surface area contributed by atoms with Crippen molar-refractivity contribution < 1.29 is 10.0 Å². The summed E-state index contributed by atoms with van der Waals surface area (Å²) < 4.78 is 0. The van der Waals surface area contributed by atoms with Crippen molar-refractivity contribution in [3.05, 3.63) is 29.1 Å². The van der Waals surface area contributed by atoms with Gasteiger partial charge in [-0.05, 0) is 55.7 Å². The number of hydroxylamine groups is 1.